The maximum Gasteiger partial charge on any atom is 0.387 e. The Morgan fingerprint density at radius 2 is 1.95 bits per heavy atom. The van der Waals surface area contributed by atoms with Gasteiger partial charge < -0.3 is 10.1 Å². The number of aromatic amines is 1. The van der Waals surface area contributed by atoms with Crippen LogP contribution in [0.5, 0.6) is 5.75 Å². The fourth-order valence-electron chi connectivity index (χ4n) is 2.04. The van der Waals surface area contributed by atoms with Crippen LogP contribution in [0.4, 0.5) is 14.5 Å². The van der Waals surface area contributed by atoms with E-state index in [9.17, 15) is 8.78 Å². The summed E-state index contributed by atoms with van der Waals surface area (Å²) >= 11 is 0. The second kappa shape index (κ2) is 5.78. The van der Waals surface area contributed by atoms with E-state index in [2.05, 4.69) is 20.3 Å². The molecule has 0 saturated heterocycles. The summed E-state index contributed by atoms with van der Waals surface area (Å²) in [6.07, 6.45) is 1.76. The smallest absolute Gasteiger partial charge is 0.387 e. The van der Waals surface area contributed by atoms with Crippen LogP contribution in [0, 0.1) is 0 Å². The molecule has 0 spiro atoms. The first kappa shape index (κ1) is 13.4. The van der Waals surface area contributed by atoms with Gasteiger partial charge >= 0.3 is 6.61 Å². The Morgan fingerprint density at radius 1 is 1.14 bits per heavy atom. The van der Waals surface area contributed by atoms with Gasteiger partial charge in [0, 0.05) is 17.6 Å². The molecule has 2 N–H and O–H groups in total. The number of nitrogens with zero attached hydrogens (tertiary/aromatic N) is 1. The molecule has 0 fully saturated rings. The van der Waals surface area contributed by atoms with Crippen LogP contribution >= 0.6 is 0 Å². The molecule has 0 saturated carbocycles. The Bertz CT molecular complexity index is 725. The van der Waals surface area contributed by atoms with Crippen LogP contribution in [-0.4, -0.2) is 16.8 Å². The summed E-state index contributed by atoms with van der Waals surface area (Å²) in [4.78, 5) is 0. The molecule has 1 aromatic heterocycles. The number of H-pyrrole nitrogens is 1. The zero-order valence-corrected chi connectivity index (χ0v) is 11.0. The Morgan fingerprint density at radius 3 is 2.71 bits per heavy atom. The molecule has 108 valence electrons. The summed E-state index contributed by atoms with van der Waals surface area (Å²) in [5.41, 5.74) is 2.89. The third kappa shape index (κ3) is 3.28. The van der Waals surface area contributed by atoms with E-state index in [0.717, 1.165) is 22.2 Å². The van der Waals surface area contributed by atoms with Gasteiger partial charge in [0.05, 0.1) is 11.7 Å². The molecular weight excluding hydrogens is 276 g/mol. The zero-order valence-electron chi connectivity index (χ0n) is 11.0. The van der Waals surface area contributed by atoms with E-state index in [-0.39, 0.29) is 5.75 Å². The molecule has 0 unspecified atom stereocenters. The number of rotatable bonds is 5. The van der Waals surface area contributed by atoms with Gasteiger partial charge in [-0.25, -0.2) is 0 Å². The van der Waals surface area contributed by atoms with Crippen molar-refractivity contribution in [1.29, 1.82) is 0 Å². The van der Waals surface area contributed by atoms with Crippen molar-refractivity contribution >= 4 is 16.6 Å². The molecule has 2 aromatic carbocycles. The van der Waals surface area contributed by atoms with Crippen LogP contribution in [0.15, 0.2) is 48.7 Å². The van der Waals surface area contributed by atoms with Crippen molar-refractivity contribution in [2.24, 2.45) is 0 Å². The first-order valence-electron chi connectivity index (χ1n) is 6.41. The largest absolute Gasteiger partial charge is 0.435 e. The lowest BCUT2D eigenvalue weighted by Gasteiger charge is -2.08. The van der Waals surface area contributed by atoms with E-state index in [1.54, 1.807) is 18.3 Å². The van der Waals surface area contributed by atoms with Gasteiger partial charge in [0.2, 0.25) is 0 Å². The first-order chi connectivity index (χ1) is 10.2. The highest BCUT2D eigenvalue weighted by Gasteiger charge is 2.04. The summed E-state index contributed by atoms with van der Waals surface area (Å²) in [7, 11) is 0. The van der Waals surface area contributed by atoms with Crippen molar-refractivity contribution in [3.63, 3.8) is 0 Å². The van der Waals surface area contributed by atoms with Crippen LogP contribution in [0.1, 0.15) is 5.56 Å². The number of benzene rings is 2. The summed E-state index contributed by atoms with van der Waals surface area (Å²) in [6, 6.07) is 12.5. The quantitative estimate of drug-likeness (QED) is 0.751. The Kier molecular flexibility index (Phi) is 3.68. The molecule has 0 amide bonds. The van der Waals surface area contributed by atoms with Gasteiger partial charge in [0.15, 0.2) is 0 Å². The molecule has 0 radical (unpaired) electrons. The van der Waals surface area contributed by atoms with E-state index < -0.39 is 6.61 Å². The third-order valence-electron chi connectivity index (χ3n) is 3.09. The highest BCUT2D eigenvalue weighted by Crippen LogP contribution is 2.18. The highest BCUT2D eigenvalue weighted by atomic mass is 19.3. The van der Waals surface area contributed by atoms with E-state index in [1.807, 2.05) is 18.2 Å². The fraction of sp³-hybridized carbons (Fsp3) is 0.133. The van der Waals surface area contributed by atoms with Crippen molar-refractivity contribution in [2.75, 3.05) is 5.32 Å². The van der Waals surface area contributed by atoms with Gasteiger partial charge in [-0.1, -0.05) is 12.1 Å². The molecule has 4 nitrogen and oxygen atoms in total. The normalized spacial score (nSPS) is 11.0. The monoisotopic (exact) mass is 289 g/mol. The minimum Gasteiger partial charge on any atom is -0.435 e. The molecule has 0 aliphatic rings. The lowest BCUT2D eigenvalue weighted by molar-refractivity contribution is -0.0498. The van der Waals surface area contributed by atoms with E-state index >= 15 is 0 Å². The van der Waals surface area contributed by atoms with Gasteiger partial charge in [0.25, 0.3) is 0 Å². The predicted octanol–water partition coefficient (Wildman–Crippen LogP) is 3.78. The molecule has 3 aromatic rings. The minimum absolute atomic E-state index is 0.160. The number of fused-ring (bicyclic) bond motifs is 1. The number of aromatic nitrogens is 2. The van der Waals surface area contributed by atoms with Crippen LogP contribution in [0.25, 0.3) is 10.9 Å². The third-order valence-corrected chi connectivity index (χ3v) is 3.09. The van der Waals surface area contributed by atoms with Crippen LogP contribution < -0.4 is 10.1 Å². The molecule has 0 atom stereocenters. The Balaban J connectivity index is 1.63. The molecule has 0 bridgehead atoms. The van der Waals surface area contributed by atoms with Crippen molar-refractivity contribution in [1.82, 2.24) is 10.2 Å². The predicted molar refractivity (Wildman–Crippen MR) is 76.5 cm³/mol. The van der Waals surface area contributed by atoms with E-state index in [1.165, 1.54) is 12.1 Å². The lowest BCUT2D eigenvalue weighted by Crippen LogP contribution is -2.02. The van der Waals surface area contributed by atoms with E-state index in [0.29, 0.717) is 6.54 Å². The average molecular weight is 289 g/mol. The summed E-state index contributed by atoms with van der Waals surface area (Å²) in [6.45, 7) is -2.20. The number of alkyl halides is 2. The second-order valence-corrected chi connectivity index (χ2v) is 4.55. The number of halogens is 2. The number of nitrogens with one attached hydrogen (secondary N) is 2. The first-order valence-corrected chi connectivity index (χ1v) is 6.41. The molecule has 0 aliphatic heterocycles. The van der Waals surface area contributed by atoms with Gasteiger partial charge in [-0.15, -0.1) is 0 Å². The standard InChI is InChI=1S/C15H13F2N3O/c16-15(17)21-13-5-1-10(2-6-13)8-18-12-4-3-11-9-19-20-14(11)7-12/h1-7,9,15,18H,8H2,(H,19,20). The topological polar surface area (TPSA) is 49.9 Å². The summed E-state index contributed by atoms with van der Waals surface area (Å²) < 4.78 is 28.4. The fourth-order valence-corrected chi connectivity index (χ4v) is 2.04. The highest BCUT2D eigenvalue weighted by molar-refractivity contribution is 5.81. The van der Waals surface area contributed by atoms with Gasteiger partial charge in [0.1, 0.15) is 5.75 Å². The second-order valence-electron chi connectivity index (χ2n) is 4.55. The Labute approximate surface area is 119 Å². The Hall–Kier alpha value is -2.63. The number of ether oxygens (including phenoxy) is 1. The van der Waals surface area contributed by atoms with Gasteiger partial charge in [-0.3, -0.25) is 5.10 Å². The number of hydrogen-bond acceptors (Lipinski definition) is 3. The number of anilines is 1. The van der Waals surface area contributed by atoms with Crippen molar-refractivity contribution in [3.8, 4) is 5.75 Å². The van der Waals surface area contributed by atoms with Gasteiger partial charge in [-0.05, 0) is 35.9 Å². The maximum atomic E-state index is 12.0. The lowest BCUT2D eigenvalue weighted by atomic mass is 10.2. The minimum atomic E-state index is -2.80. The number of hydrogen-bond donors (Lipinski definition) is 2. The van der Waals surface area contributed by atoms with Gasteiger partial charge in [-0.2, -0.15) is 13.9 Å². The summed E-state index contributed by atoms with van der Waals surface area (Å²) in [5, 5.41) is 11.2. The van der Waals surface area contributed by atoms with Crippen LogP contribution in [0.3, 0.4) is 0 Å². The molecule has 1 heterocycles. The molecule has 3 rings (SSSR count). The molecule has 21 heavy (non-hydrogen) atoms. The summed E-state index contributed by atoms with van der Waals surface area (Å²) in [5.74, 6) is 0.160. The van der Waals surface area contributed by atoms with E-state index in [4.69, 9.17) is 0 Å². The average Bonchev–Trinajstić information content (AvgIpc) is 2.93. The van der Waals surface area contributed by atoms with Crippen molar-refractivity contribution in [2.45, 2.75) is 13.2 Å². The van der Waals surface area contributed by atoms with Crippen molar-refractivity contribution < 1.29 is 13.5 Å². The van der Waals surface area contributed by atoms with Crippen LogP contribution in [-0.2, 0) is 6.54 Å². The molecule has 0 aliphatic carbocycles. The van der Waals surface area contributed by atoms with Crippen LogP contribution in [0.2, 0.25) is 0 Å². The molecular formula is C15H13F2N3O. The maximum absolute atomic E-state index is 12.0. The zero-order chi connectivity index (χ0) is 14.7. The molecule has 6 heteroatoms. The van der Waals surface area contributed by atoms with Crippen molar-refractivity contribution in [3.05, 3.63) is 54.2 Å². The SMILES string of the molecule is FC(F)Oc1ccc(CNc2ccc3cn[nH]c3c2)cc1.